The average molecular weight is 427 g/mol. The van der Waals surface area contributed by atoms with Crippen LogP contribution < -0.4 is 10.2 Å². The van der Waals surface area contributed by atoms with Gasteiger partial charge < -0.3 is 10.2 Å². The second kappa shape index (κ2) is 7.64. The molecule has 1 aromatic heterocycles. The van der Waals surface area contributed by atoms with E-state index in [4.69, 9.17) is 0 Å². The maximum atomic E-state index is 12.6. The molecule has 26 heavy (non-hydrogen) atoms. The molecule has 3 nitrogen and oxygen atoms in total. The quantitative estimate of drug-likeness (QED) is 0.619. The Morgan fingerprint density at radius 3 is 2.85 bits per heavy atom. The highest BCUT2D eigenvalue weighted by molar-refractivity contribution is 9.10. The van der Waals surface area contributed by atoms with E-state index in [0.29, 0.717) is 12.1 Å². The Balaban J connectivity index is 1.55. The van der Waals surface area contributed by atoms with Gasteiger partial charge in [-0.25, -0.2) is 0 Å². The predicted molar refractivity (Wildman–Crippen MR) is 111 cm³/mol. The zero-order valence-corrected chi connectivity index (χ0v) is 16.6. The summed E-state index contributed by atoms with van der Waals surface area (Å²) in [5.74, 6) is -0.0414. The van der Waals surface area contributed by atoms with Gasteiger partial charge in [0.15, 0.2) is 0 Å². The molecular formula is C21H19BrN2OS. The smallest absolute Gasteiger partial charge is 0.251 e. The van der Waals surface area contributed by atoms with Crippen LogP contribution in [0.25, 0.3) is 0 Å². The number of hydrogen-bond donors (Lipinski definition) is 1. The number of hydrogen-bond acceptors (Lipinski definition) is 3. The summed E-state index contributed by atoms with van der Waals surface area (Å²) in [7, 11) is 0. The first kappa shape index (κ1) is 17.3. The molecule has 0 fully saturated rings. The summed E-state index contributed by atoms with van der Waals surface area (Å²) >= 11 is 5.17. The van der Waals surface area contributed by atoms with Gasteiger partial charge in [0.25, 0.3) is 5.91 Å². The topological polar surface area (TPSA) is 32.3 Å². The van der Waals surface area contributed by atoms with Crippen LogP contribution in [0, 0.1) is 0 Å². The van der Waals surface area contributed by atoms with Gasteiger partial charge in [-0.1, -0.05) is 46.3 Å². The highest BCUT2D eigenvalue weighted by Gasteiger charge is 2.28. The summed E-state index contributed by atoms with van der Waals surface area (Å²) < 4.78 is 0.911. The molecule has 0 spiro atoms. The lowest BCUT2D eigenvalue weighted by molar-refractivity contribution is 0.0951. The third kappa shape index (κ3) is 3.55. The maximum absolute atomic E-state index is 12.6. The third-order valence-corrected chi connectivity index (χ3v) is 6.18. The summed E-state index contributed by atoms with van der Waals surface area (Å²) in [6.45, 7) is 1.56. The van der Waals surface area contributed by atoms with E-state index in [-0.39, 0.29) is 11.9 Å². The number of carbonyl (C=O) groups excluding carboxylic acids is 1. The highest BCUT2D eigenvalue weighted by Crippen LogP contribution is 2.36. The third-order valence-electron chi connectivity index (χ3n) is 4.71. The Morgan fingerprint density at radius 1 is 1.15 bits per heavy atom. The number of thiophene rings is 1. The minimum absolute atomic E-state index is 0.0414. The van der Waals surface area contributed by atoms with Crippen LogP contribution in [0.1, 0.15) is 26.8 Å². The van der Waals surface area contributed by atoms with Gasteiger partial charge in [0.1, 0.15) is 0 Å². The van der Waals surface area contributed by atoms with E-state index in [1.165, 1.54) is 16.1 Å². The monoisotopic (exact) mass is 426 g/mol. The predicted octanol–water partition coefficient (Wildman–Crippen LogP) is 5.04. The zero-order chi connectivity index (χ0) is 17.9. The Bertz CT molecular complexity index is 910. The molecule has 2 aromatic carbocycles. The number of fused-ring (bicyclic) bond motifs is 1. The number of carbonyl (C=O) groups is 1. The molecule has 1 aliphatic heterocycles. The van der Waals surface area contributed by atoms with E-state index >= 15 is 0 Å². The molecule has 1 atom stereocenters. The van der Waals surface area contributed by atoms with Gasteiger partial charge in [-0.05, 0) is 47.7 Å². The SMILES string of the molecule is O=C(NC[C@H](c1cccs1)N1CCc2ccccc21)c1cccc(Br)c1. The molecule has 0 aliphatic carbocycles. The molecular weight excluding hydrogens is 408 g/mol. The van der Waals surface area contributed by atoms with Gasteiger partial charge in [0, 0.05) is 33.7 Å². The van der Waals surface area contributed by atoms with E-state index < -0.39 is 0 Å². The molecule has 4 rings (SSSR count). The van der Waals surface area contributed by atoms with E-state index in [1.54, 1.807) is 11.3 Å². The van der Waals surface area contributed by atoms with E-state index in [2.05, 4.69) is 67.9 Å². The molecule has 0 unspecified atom stereocenters. The standard InChI is InChI=1S/C21H19BrN2OS/c22-17-7-3-6-16(13-17)21(25)23-14-19(20-9-4-12-26-20)24-11-10-15-5-1-2-8-18(15)24/h1-9,12-13,19H,10-11,14H2,(H,23,25)/t19-/m1/s1. The Labute approximate surface area is 165 Å². The van der Waals surface area contributed by atoms with Crippen molar-refractivity contribution in [3.8, 4) is 0 Å². The van der Waals surface area contributed by atoms with Crippen LogP contribution in [0.3, 0.4) is 0 Å². The van der Waals surface area contributed by atoms with Crippen molar-refractivity contribution in [2.45, 2.75) is 12.5 Å². The van der Waals surface area contributed by atoms with Gasteiger partial charge in [0.05, 0.1) is 6.04 Å². The van der Waals surface area contributed by atoms with Crippen molar-refractivity contribution in [1.82, 2.24) is 5.32 Å². The number of para-hydroxylation sites is 1. The molecule has 1 aliphatic rings. The van der Waals surface area contributed by atoms with Crippen LogP contribution in [-0.4, -0.2) is 19.0 Å². The highest BCUT2D eigenvalue weighted by atomic mass is 79.9. The number of rotatable bonds is 5. The second-order valence-electron chi connectivity index (χ2n) is 6.32. The first-order valence-electron chi connectivity index (χ1n) is 8.64. The molecule has 0 saturated heterocycles. The summed E-state index contributed by atoms with van der Waals surface area (Å²) in [6, 6.07) is 20.4. The fraction of sp³-hybridized carbons (Fsp3) is 0.190. The Hall–Kier alpha value is -2.11. The number of nitrogens with one attached hydrogen (secondary N) is 1. The molecule has 0 saturated carbocycles. The van der Waals surface area contributed by atoms with Crippen LogP contribution in [0.4, 0.5) is 5.69 Å². The lowest BCUT2D eigenvalue weighted by Gasteiger charge is -2.30. The molecule has 5 heteroatoms. The van der Waals surface area contributed by atoms with Crippen LogP contribution in [0.15, 0.2) is 70.5 Å². The lowest BCUT2D eigenvalue weighted by atomic mass is 10.1. The number of halogens is 1. The molecule has 3 aromatic rings. The summed E-state index contributed by atoms with van der Waals surface area (Å²) in [5, 5.41) is 5.23. The first-order chi connectivity index (χ1) is 12.7. The molecule has 2 heterocycles. The largest absolute Gasteiger partial charge is 0.361 e. The van der Waals surface area contributed by atoms with Gasteiger partial charge >= 0.3 is 0 Å². The van der Waals surface area contributed by atoms with Crippen molar-refractivity contribution in [3.63, 3.8) is 0 Å². The normalized spacial score (nSPS) is 14.1. The first-order valence-corrected chi connectivity index (χ1v) is 10.3. The summed E-state index contributed by atoms with van der Waals surface area (Å²) in [4.78, 5) is 16.3. The number of anilines is 1. The van der Waals surface area contributed by atoms with Gasteiger partial charge in [-0.3, -0.25) is 4.79 Å². The summed E-state index contributed by atoms with van der Waals surface area (Å²) in [5.41, 5.74) is 3.33. The number of benzene rings is 2. The minimum atomic E-state index is -0.0414. The van der Waals surface area contributed by atoms with Crippen molar-refractivity contribution < 1.29 is 4.79 Å². The number of nitrogens with zero attached hydrogens (tertiary/aromatic N) is 1. The number of amides is 1. The molecule has 0 bridgehead atoms. The van der Waals surface area contributed by atoms with Crippen LogP contribution in [-0.2, 0) is 6.42 Å². The maximum Gasteiger partial charge on any atom is 0.251 e. The van der Waals surface area contributed by atoms with Crippen molar-refractivity contribution in [3.05, 3.63) is 86.5 Å². The van der Waals surface area contributed by atoms with Crippen molar-refractivity contribution in [2.24, 2.45) is 0 Å². The fourth-order valence-corrected chi connectivity index (χ4v) is 4.69. The average Bonchev–Trinajstić information content (AvgIpc) is 3.32. The van der Waals surface area contributed by atoms with E-state index in [9.17, 15) is 4.79 Å². The second-order valence-corrected chi connectivity index (χ2v) is 8.22. The Kier molecular flexibility index (Phi) is 5.09. The van der Waals surface area contributed by atoms with Crippen molar-refractivity contribution >= 4 is 38.9 Å². The van der Waals surface area contributed by atoms with Gasteiger partial charge in [0.2, 0.25) is 0 Å². The van der Waals surface area contributed by atoms with Gasteiger partial charge in [-0.15, -0.1) is 11.3 Å². The molecule has 1 amide bonds. The van der Waals surface area contributed by atoms with Gasteiger partial charge in [-0.2, -0.15) is 0 Å². The van der Waals surface area contributed by atoms with Crippen LogP contribution in [0.2, 0.25) is 0 Å². The summed E-state index contributed by atoms with van der Waals surface area (Å²) in [6.07, 6.45) is 1.05. The van der Waals surface area contributed by atoms with E-state index in [0.717, 1.165) is 17.4 Å². The fourth-order valence-electron chi connectivity index (χ4n) is 3.45. The van der Waals surface area contributed by atoms with Crippen LogP contribution in [0.5, 0.6) is 0 Å². The molecule has 0 radical (unpaired) electrons. The lowest BCUT2D eigenvalue weighted by Crippen LogP contribution is -2.37. The van der Waals surface area contributed by atoms with Crippen LogP contribution >= 0.6 is 27.3 Å². The van der Waals surface area contributed by atoms with Crippen molar-refractivity contribution in [2.75, 3.05) is 18.0 Å². The zero-order valence-electron chi connectivity index (χ0n) is 14.2. The van der Waals surface area contributed by atoms with Crippen molar-refractivity contribution in [1.29, 1.82) is 0 Å². The molecule has 132 valence electrons. The minimum Gasteiger partial charge on any atom is -0.361 e. The Morgan fingerprint density at radius 2 is 2.04 bits per heavy atom. The molecule has 1 N–H and O–H groups in total. The van der Waals surface area contributed by atoms with E-state index in [1.807, 2.05) is 24.3 Å².